The SMILES string of the molecule is CCNC(=NCCCCn1cnnc1)NC1CC(C)N(Cc2ccccc2)C1.I. The summed E-state index contributed by atoms with van der Waals surface area (Å²) in [5.41, 5.74) is 1.38. The second kappa shape index (κ2) is 12.8. The summed E-state index contributed by atoms with van der Waals surface area (Å²) < 4.78 is 2.01. The van der Waals surface area contributed by atoms with Crippen LogP contribution in [0.1, 0.15) is 38.7 Å². The Bertz CT molecular complexity index is 705. The van der Waals surface area contributed by atoms with E-state index < -0.39 is 0 Å². The molecular weight excluding hydrogens is 477 g/mol. The van der Waals surface area contributed by atoms with E-state index in [-0.39, 0.29) is 24.0 Å². The maximum absolute atomic E-state index is 4.77. The molecule has 29 heavy (non-hydrogen) atoms. The maximum Gasteiger partial charge on any atom is 0.191 e. The third kappa shape index (κ3) is 7.93. The number of unbranched alkanes of at least 4 members (excludes halogenated alkanes) is 1. The second-order valence-electron chi connectivity index (χ2n) is 7.51. The Morgan fingerprint density at radius 2 is 1.93 bits per heavy atom. The molecule has 2 heterocycles. The van der Waals surface area contributed by atoms with E-state index in [4.69, 9.17) is 4.99 Å². The monoisotopic (exact) mass is 511 g/mol. The molecule has 2 atom stereocenters. The molecule has 8 heteroatoms. The summed E-state index contributed by atoms with van der Waals surface area (Å²) in [5.74, 6) is 0.936. The van der Waals surface area contributed by atoms with Gasteiger partial charge in [-0.05, 0) is 38.7 Å². The van der Waals surface area contributed by atoms with Crippen LogP contribution >= 0.6 is 24.0 Å². The number of aryl methyl sites for hydroxylation is 1. The minimum atomic E-state index is 0. The largest absolute Gasteiger partial charge is 0.357 e. The van der Waals surface area contributed by atoms with Crippen LogP contribution in [-0.2, 0) is 13.1 Å². The Hall–Kier alpha value is -1.68. The normalized spacial score (nSPS) is 19.7. The van der Waals surface area contributed by atoms with Crippen molar-refractivity contribution < 1.29 is 0 Å². The number of nitrogens with zero attached hydrogens (tertiary/aromatic N) is 5. The van der Waals surface area contributed by atoms with E-state index in [0.29, 0.717) is 12.1 Å². The smallest absolute Gasteiger partial charge is 0.191 e. The zero-order valence-electron chi connectivity index (χ0n) is 17.5. The Balaban J connectivity index is 0.00000300. The number of aliphatic imine (C=N–C) groups is 1. The van der Waals surface area contributed by atoms with Crippen molar-refractivity contribution in [3.05, 3.63) is 48.5 Å². The number of guanidine groups is 1. The summed E-state index contributed by atoms with van der Waals surface area (Å²) in [6.07, 6.45) is 6.79. The second-order valence-corrected chi connectivity index (χ2v) is 7.51. The van der Waals surface area contributed by atoms with Gasteiger partial charge in [-0.25, -0.2) is 0 Å². The first-order valence-electron chi connectivity index (χ1n) is 10.4. The fraction of sp³-hybridized carbons (Fsp3) is 0.571. The fourth-order valence-corrected chi connectivity index (χ4v) is 3.69. The molecule has 0 radical (unpaired) electrons. The van der Waals surface area contributed by atoms with Crippen molar-refractivity contribution in [3.8, 4) is 0 Å². The van der Waals surface area contributed by atoms with Crippen LogP contribution in [-0.4, -0.2) is 57.3 Å². The van der Waals surface area contributed by atoms with Crippen molar-refractivity contribution in [2.45, 2.75) is 58.3 Å². The molecule has 0 bridgehead atoms. The molecule has 160 valence electrons. The average Bonchev–Trinajstić information content (AvgIpc) is 3.32. The lowest BCUT2D eigenvalue weighted by Crippen LogP contribution is -2.44. The molecule has 2 aromatic rings. The summed E-state index contributed by atoms with van der Waals surface area (Å²) in [6, 6.07) is 11.7. The Morgan fingerprint density at radius 3 is 2.66 bits per heavy atom. The summed E-state index contributed by atoms with van der Waals surface area (Å²) in [6.45, 7) is 9.14. The highest BCUT2D eigenvalue weighted by Gasteiger charge is 2.29. The number of rotatable bonds is 9. The summed E-state index contributed by atoms with van der Waals surface area (Å²) in [7, 11) is 0. The van der Waals surface area contributed by atoms with Gasteiger partial charge in [-0.3, -0.25) is 9.89 Å². The molecule has 2 unspecified atom stereocenters. The molecule has 1 aromatic heterocycles. The minimum Gasteiger partial charge on any atom is -0.357 e. The van der Waals surface area contributed by atoms with Crippen LogP contribution in [0.2, 0.25) is 0 Å². The van der Waals surface area contributed by atoms with E-state index in [2.05, 4.69) is 69.9 Å². The van der Waals surface area contributed by atoms with Crippen molar-refractivity contribution in [1.29, 1.82) is 0 Å². The van der Waals surface area contributed by atoms with Crippen LogP contribution in [0, 0.1) is 0 Å². The van der Waals surface area contributed by atoms with E-state index in [1.807, 2.05) is 4.57 Å². The molecule has 7 nitrogen and oxygen atoms in total. The van der Waals surface area contributed by atoms with Gasteiger partial charge < -0.3 is 15.2 Å². The predicted octanol–water partition coefficient (Wildman–Crippen LogP) is 2.89. The highest BCUT2D eigenvalue weighted by molar-refractivity contribution is 14.0. The number of nitrogens with one attached hydrogen (secondary N) is 2. The van der Waals surface area contributed by atoms with Crippen LogP contribution < -0.4 is 10.6 Å². The van der Waals surface area contributed by atoms with Crippen LogP contribution in [0.3, 0.4) is 0 Å². The number of benzene rings is 1. The van der Waals surface area contributed by atoms with Crippen LogP contribution in [0.4, 0.5) is 0 Å². The van der Waals surface area contributed by atoms with Gasteiger partial charge >= 0.3 is 0 Å². The van der Waals surface area contributed by atoms with E-state index in [9.17, 15) is 0 Å². The zero-order valence-corrected chi connectivity index (χ0v) is 19.8. The Kier molecular flexibility index (Phi) is 10.4. The molecule has 0 spiro atoms. The number of hydrogen-bond acceptors (Lipinski definition) is 4. The third-order valence-electron chi connectivity index (χ3n) is 5.18. The minimum absolute atomic E-state index is 0. The van der Waals surface area contributed by atoms with E-state index in [1.165, 1.54) is 5.56 Å². The molecule has 1 aliphatic rings. The van der Waals surface area contributed by atoms with Crippen molar-refractivity contribution in [2.75, 3.05) is 19.6 Å². The first kappa shape index (κ1) is 23.6. The fourth-order valence-electron chi connectivity index (χ4n) is 3.69. The van der Waals surface area contributed by atoms with Gasteiger partial charge in [0.25, 0.3) is 0 Å². The lowest BCUT2D eigenvalue weighted by molar-refractivity contribution is 0.258. The van der Waals surface area contributed by atoms with Gasteiger partial charge in [0.2, 0.25) is 0 Å². The topological polar surface area (TPSA) is 70.4 Å². The van der Waals surface area contributed by atoms with E-state index in [1.54, 1.807) is 12.7 Å². The molecule has 0 amide bonds. The number of likely N-dealkylation sites (tertiary alicyclic amines) is 1. The van der Waals surface area contributed by atoms with Gasteiger partial charge in [-0.15, -0.1) is 34.2 Å². The van der Waals surface area contributed by atoms with Crippen molar-refractivity contribution in [1.82, 2.24) is 30.3 Å². The standard InChI is InChI=1S/C21H33N7.HI/c1-3-22-21(23-11-7-8-12-27-16-24-25-17-27)26-20-13-18(2)28(15-20)14-19-9-5-4-6-10-19;/h4-6,9-10,16-18,20H,3,7-8,11-15H2,1-2H3,(H2,22,23,26);1H. The Labute approximate surface area is 191 Å². The third-order valence-corrected chi connectivity index (χ3v) is 5.18. The van der Waals surface area contributed by atoms with Crippen molar-refractivity contribution in [2.24, 2.45) is 4.99 Å². The lowest BCUT2D eigenvalue weighted by Gasteiger charge is -2.21. The van der Waals surface area contributed by atoms with Gasteiger partial charge in [-0.2, -0.15) is 0 Å². The quantitative estimate of drug-likeness (QED) is 0.235. The van der Waals surface area contributed by atoms with Gasteiger partial charge in [-0.1, -0.05) is 30.3 Å². The maximum atomic E-state index is 4.77. The predicted molar refractivity (Wildman–Crippen MR) is 129 cm³/mol. The molecule has 1 aromatic carbocycles. The molecule has 0 aliphatic carbocycles. The van der Waals surface area contributed by atoms with Crippen molar-refractivity contribution in [3.63, 3.8) is 0 Å². The van der Waals surface area contributed by atoms with Gasteiger partial charge in [0.05, 0.1) is 0 Å². The zero-order chi connectivity index (χ0) is 19.6. The summed E-state index contributed by atoms with van der Waals surface area (Å²) in [4.78, 5) is 7.32. The van der Waals surface area contributed by atoms with Crippen LogP contribution in [0.15, 0.2) is 48.0 Å². The molecule has 0 saturated carbocycles. The van der Waals surface area contributed by atoms with Crippen molar-refractivity contribution >= 4 is 29.9 Å². The molecule has 1 fully saturated rings. The average molecular weight is 511 g/mol. The molecular formula is C21H34IN7. The molecule has 1 saturated heterocycles. The van der Waals surface area contributed by atoms with Gasteiger partial charge in [0.1, 0.15) is 12.7 Å². The molecule has 3 rings (SSSR count). The summed E-state index contributed by atoms with van der Waals surface area (Å²) >= 11 is 0. The van der Waals surface area contributed by atoms with Crippen LogP contribution in [0.5, 0.6) is 0 Å². The molecule has 1 aliphatic heterocycles. The first-order valence-corrected chi connectivity index (χ1v) is 10.4. The summed E-state index contributed by atoms with van der Waals surface area (Å²) in [5, 5.41) is 14.7. The Morgan fingerprint density at radius 1 is 1.17 bits per heavy atom. The lowest BCUT2D eigenvalue weighted by atomic mass is 10.2. The molecule has 2 N–H and O–H groups in total. The highest BCUT2D eigenvalue weighted by Crippen LogP contribution is 2.20. The van der Waals surface area contributed by atoms with Gasteiger partial charge in [0.15, 0.2) is 5.96 Å². The van der Waals surface area contributed by atoms with E-state index in [0.717, 1.165) is 57.9 Å². The number of hydrogen-bond donors (Lipinski definition) is 2. The van der Waals surface area contributed by atoms with E-state index >= 15 is 0 Å². The first-order chi connectivity index (χ1) is 13.7. The van der Waals surface area contributed by atoms with Gasteiger partial charge in [0, 0.05) is 44.8 Å². The highest BCUT2D eigenvalue weighted by atomic mass is 127. The number of aromatic nitrogens is 3. The van der Waals surface area contributed by atoms with Crippen LogP contribution in [0.25, 0.3) is 0 Å². The number of halogens is 1.